The maximum Gasteiger partial charge on any atom is 0.244 e. The summed E-state index contributed by atoms with van der Waals surface area (Å²) in [6.45, 7) is 2.91. The third kappa shape index (κ3) is 4.21. The molecule has 2 amide bonds. The van der Waals surface area contributed by atoms with E-state index < -0.39 is 0 Å². The Kier molecular flexibility index (Phi) is 5.10. The molecule has 0 bridgehead atoms. The van der Waals surface area contributed by atoms with Crippen molar-refractivity contribution in [2.75, 3.05) is 36.4 Å². The van der Waals surface area contributed by atoms with E-state index in [0.717, 1.165) is 38.2 Å². The van der Waals surface area contributed by atoms with Crippen LogP contribution < -0.4 is 10.2 Å². The number of aromatic nitrogens is 1. The van der Waals surface area contributed by atoms with Gasteiger partial charge in [0.05, 0.1) is 18.4 Å². The molecule has 1 aromatic rings. The maximum absolute atomic E-state index is 12.1. The van der Waals surface area contributed by atoms with Gasteiger partial charge in [-0.2, -0.15) is 0 Å². The predicted molar refractivity (Wildman–Crippen MR) is 89.4 cm³/mol. The average Bonchev–Trinajstić information content (AvgIpc) is 3.01. The number of anilines is 2. The molecule has 0 spiro atoms. The second-order valence-electron chi connectivity index (χ2n) is 6.27. The van der Waals surface area contributed by atoms with Crippen LogP contribution in [0.5, 0.6) is 0 Å². The fraction of sp³-hybridized carbons (Fsp3) is 0.588. The number of amides is 2. The average molecular weight is 316 g/mol. The fourth-order valence-corrected chi connectivity index (χ4v) is 3.17. The van der Waals surface area contributed by atoms with Crippen molar-refractivity contribution in [3.63, 3.8) is 0 Å². The highest BCUT2D eigenvalue weighted by molar-refractivity contribution is 5.94. The van der Waals surface area contributed by atoms with Gasteiger partial charge < -0.3 is 15.1 Å². The van der Waals surface area contributed by atoms with Crippen LogP contribution in [0.25, 0.3) is 0 Å². The summed E-state index contributed by atoms with van der Waals surface area (Å²) in [5, 5.41) is 2.83. The van der Waals surface area contributed by atoms with E-state index in [1.807, 2.05) is 12.1 Å². The van der Waals surface area contributed by atoms with Crippen LogP contribution in [0, 0.1) is 0 Å². The van der Waals surface area contributed by atoms with E-state index in [4.69, 9.17) is 0 Å². The molecule has 0 aromatic carbocycles. The zero-order chi connectivity index (χ0) is 16.1. The van der Waals surface area contributed by atoms with Gasteiger partial charge in [0.25, 0.3) is 0 Å². The lowest BCUT2D eigenvalue weighted by molar-refractivity contribution is -0.134. The molecule has 0 atom stereocenters. The lowest BCUT2D eigenvalue weighted by atomic mass is 10.2. The molecule has 2 aliphatic heterocycles. The van der Waals surface area contributed by atoms with Crippen LogP contribution in [0.2, 0.25) is 0 Å². The smallest absolute Gasteiger partial charge is 0.244 e. The third-order valence-corrected chi connectivity index (χ3v) is 4.47. The minimum Gasteiger partial charge on any atom is -0.357 e. The van der Waals surface area contributed by atoms with E-state index in [1.165, 1.54) is 12.8 Å². The number of carbonyl (C=O) groups is 2. The Bertz CT molecular complexity index is 552. The van der Waals surface area contributed by atoms with Crippen LogP contribution in [0.15, 0.2) is 18.3 Å². The Labute approximate surface area is 136 Å². The van der Waals surface area contributed by atoms with Crippen molar-refractivity contribution in [1.29, 1.82) is 0 Å². The zero-order valence-electron chi connectivity index (χ0n) is 13.5. The van der Waals surface area contributed by atoms with Crippen LogP contribution >= 0.6 is 0 Å². The van der Waals surface area contributed by atoms with Crippen LogP contribution in [-0.2, 0) is 9.59 Å². The number of nitrogens with zero attached hydrogens (tertiary/aromatic N) is 3. The van der Waals surface area contributed by atoms with E-state index >= 15 is 0 Å². The molecule has 1 aromatic heterocycles. The molecule has 6 nitrogen and oxygen atoms in total. The minimum atomic E-state index is -0.157. The molecule has 6 heteroatoms. The number of likely N-dealkylation sites (tertiary alicyclic amines) is 1. The first-order valence-electron chi connectivity index (χ1n) is 8.51. The predicted octanol–water partition coefficient (Wildman–Crippen LogP) is 2.02. The van der Waals surface area contributed by atoms with Gasteiger partial charge in [0.1, 0.15) is 5.82 Å². The molecule has 3 heterocycles. The fourth-order valence-electron chi connectivity index (χ4n) is 3.17. The molecular formula is C17H24N4O2. The van der Waals surface area contributed by atoms with E-state index in [1.54, 1.807) is 11.1 Å². The van der Waals surface area contributed by atoms with E-state index in [9.17, 15) is 9.59 Å². The third-order valence-electron chi connectivity index (χ3n) is 4.47. The number of pyridine rings is 1. The van der Waals surface area contributed by atoms with Gasteiger partial charge in [-0.1, -0.05) is 6.42 Å². The maximum atomic E-state index is 12.1. The van der Waals surface area contributed by atoms with Gasteiger partial charge in [0.2, 0.25) is 11.8 Å². The monoisotopic (exact) mass is 316 g/mol. The van der Waals surface area contributed by atoms with Crippen molar-refractivity contribution in [2.45, 2.75) is 38.5 Å². The standard InChI is InChI=1S/C17H24N4O2/c22-16(13-21-11-3-1-2-6-17(21)23)19-14-7-8-15(18-12-14)20-9-4-5-10-20/h7-8,12H,1-6,9-11,13H2,(H,19,22). The van der Waals surface area contributed by atoms with Gasteiger partial charge in [0, 0.05) is 26.1 Å². The van der Waals surface area contributed by atoms with E-state index in [-0.39, 0.29) is 18.4 Å². The van der Waals surface area contributed by atoms with Gasteiger partial charge in [-0.3, -0.25) is 9.59 Å². The summed E-state index contributed by atoms with van der Waals surface area (Å²) in [6, 6.07) is 3.82. The molecule has 0 saturated carbocycles. The van der Waals surface area contributed by atoms with E-state index in [2.05, 4.69) is 15.2 Å². The van der Waals surface area contributed by atoms with Crippen molar-refractivity contribution in [1.82, 2.24) is 9.88 Å². The van der Waals surface area contributed by atoms with Crippen molar-refractivity contribution >= 4 is 23.3 Å². The van der Waals surface area contributed by atoms with Gasteiger partial charge in [-0.15, -0.1) is 0 Å². The Morgan fingerprint density at radius 2 is 1.87 bits per heavy atom. The Morgan fingerprint density at radius 1 is 1.09 bits per heavy atom. The van der Waals surface area contributed by atoms with Gasteiger partial charge in [-0.25, -0.2) is 4.98 Å². The van der Waals surface area contributed by atoms with Crippen LogP contribution in [0.1, 0.15) is 38.5 Å². The zero-order valence-corrected chi connectivity index (χ0v) is 13.5. The van der Waals surface area contributed by atoms with Crippen molar-refractivity contribution in [3.8, 4) is 0 Å². The molecule has 0 unspecified atom stereocenters. The number of hydrogen-bond donors (Lipinski definition) is 1. The molecule has 2 fully saturated rings. The largest absolute Gasteiger partial charge is 0.357 e. The molecule has 2 saturated heterocycles. The quantitative estimate of drug-likeness (QED) is 0.923. The molecular weight excluding hydrogens is 292 g/mol. The summed E-state index contributed by atoms with van der Waals surface area (Å²) in [5.41, 5.74) is 0.681. The Balaban J connectivity index is 1.53. The topological polar surface area (TPSA) is 65.5 Å². The van der Waals surface area contributed by atoms with Crippen molar-refractivity contribution in [3.05, 3.63) is 18.3 Å². The number of nitrogens with one attached hydrogen (secondary N) is 1. The second kappa shape index (κ2) is 7.44. The van der Waals surface area contributed by atoms with Gasteiger partial charge >= 0.3 is 0 Å². The molecule has 0 radical (unpaired) electrons. The van der Waals surface area contributed by atoms with Crippen molar-refractivity contribution < 1.29 is 9.59 Å². The van der Waals surface area contributed by atoms with Crippen molar-refractivity contribution in [2.24, 2.45) is 0 Å². The van der Waals surface area contributed by atoms with Gasteiger partial charge in [0.15, 0.2) is 0 Å². The highest BCUT2D eigenvalue weighted by Gasteiger charge is 2.19. The summed E-state index contributed by atoms with van der Waals surface area (Å²) in [6.07, 6.45) is 7.64. The molecule has 23 heavy (non-hydrogen) atoms. The van der Waals surface area contributed by atoms with Crippen LogP contribution in [-0.4, -0.2) is 47.9 Å². The Hall–Kier alpha value is -2.11. The van der Waals surface area contributed by atoms with Crippen LogP contribution in [0.3, 0.4) is 0 Å². The highest BCUT2D eigenvalue weighted by Crippen LogP contribution is 2.19. The number of rotatable bonds is 4. The first kappa shape index (κ1) is 15.8. The lowest BCUT2D eigenvalue weighted by Crippen LogP contribution is -2.37. The first-order chi connectivity index (χ1) is 11.2. The molecule has 124 valence electrons. The first-order valence-corrected chi connectivity index (χ1v) is 8.51. The summed E-state index contributed by atoms with van der Waals surface area (Å²) in [7, 11) is 0. The summed E-state index contributed by atoms with van der Waals surface area (Å²) in [5.74, 6) is 0.888. The summed E-state index contributed by atoms with van der Waals surface area (Å²) >= 11 is 0. The molecule has 2 aliphatic rings. The molecule has 1 N–H and O–H groups in total. The normalized spacial score (nSPS) is 18.9. The van der Waals surface area contributed by atoms with Crippen LogP contribution in [0.4, 0.5) is 11.5 Å². The number of carbonyl (C=O) groups excluding carboxylic acids is 2. The molecule has 0 aliphatic carbocycles. The minimum absolute atomic E-state index is 0.0835. The second-order valence-corrected chi connectivity index (χ2v) is 6.27. The lowest BCUT2D eigenvalue weighted by Gasteiger charge is -2.20. The van der Waals surface area contributed by atoms with E-state index in [0.29, 0.717) is 18.7 Å². The summed E-state index contributed by atoms with van der Waals surface area (Å²) < 4.78 is 0. The summed E-state index contributed by atoms with van der Waals surface area (Å²) in [4.78, 5) is 32.4. The Morgan fingerprint density at radius 3 is 2.61 bits per heavy atom. The highest BCUT2D eigenvalue weighted by atomic mass is 16.2. The molecule has 3 rings (SSSR count). The number of hydrogen-bond acceptors (Lipinski definition) is 4. The van der Waals surface area contributed by atoms with Gasteiger partial charge in [-0.05, 0) is 37.8 Å². The SMILES string of the molecule is O=C(CN1CCCCCC1=O)Nc1ccc(N2CCCC2)nc1.